The highest BCUT2D eigenvalue weighted by atomic mass is 19.4. The third-order valence-electron chi connectivity index (χ3n) is 17.1. The van der Waals surface area contributed by atoms with Crippen molar-refractivity contribution < 1.29 is 22.0 Å². The number of nitrogens with zero attached hydrogens (tertiary/aromatic N) is 6. The summed E-state index contributed by atoms with van der Waals surface area (Å²) in [7, 11) is 0. The smallest absolute Gasteiger partial charge is 0.309 e. The van der Waals surface area contributed by atoms with Gasteiger partial charge in [0.05, 0.1) is 90.1 Å². The summed E-state index contributed by atoms with van der Waals surface area (Å²) in [5.41, 5.74) is 12.3. The first-order valence-corrected chi connectivity index (χ1v) is 30.0. The molecule has 0 N–H and O–H groups in total. The predicted octanol–water partition coefficient (Wildman–Crippen LogP) is 21.8. The second kappa shape index (κ2) is 22.6. The third-order valence-corrected chi connectivity index (χ3v) is 17.1. The van der Waals surface area contributed by atoms with Crippen LogP contribution in [0.2, 0.25) is 0 Å². The Hall–Kier alpha value is -12.0. The Kier molecular flexibility index (Phi) is 13.6. The number of benzene rings is 10. The van der Waals surface area contributed by atoms with Gasteiger partial charge < -0.3 is 9.13 Å². The maximum absolute atomic E-state index is 17.4. The molecule has 0 fully saturated rings. The molecular formula is C81H49F5N6. The van der Waals surface area contributed by atoms with Gasteiger partial charge in [-0.25, -0.2) is 28.7 Å². The predicted molar refractivity (Wildman–Crippen MR) is 360 cm³/mol. The Morgan fingerprint density at radius 2 is 0.489 bits per heavy atom. The van der Waals surface area contributed by atoms with Gasteiger partial charge in [-0.15, -0.1) is 0 Å². The van der Waals surface area contributed by atoms with Crippen LogP contribution in [0.25, 0.3) is 156 Å². The number of pyridine rings is 4. The molecule has 6 heterocycles. The molecule has 16 rings (SSSR count). The first kappa shape index (κ1) is 55.4. The highest BCUT2D eigenvalue weighted by molar-refractivity contribution is 6.14. The summed E-state index contributed by atoms with van der Waals surface area (Å²) in [6.45, 7) is 0. The Labute approximate surface area is 525 Å². The molecule has 0 saturated heterocycles. The third kappa shape index (κ3) is 9.93. The molecule has 0 saturated carbocycles. The van der Waals surface area contributed by atoms with Gasteiger partial charge in [-0.2, -0.15) is 13.2 Å². The lowest BCUT2D eigenvalue weighted by Crippen LogP contribution is -2.12. The van der Waals surface area contributed by atoms with E-state index >= 15 is 22.0 Å². The number of aromatic nitrogens is 6. The Morgan fingerprint density at radius 1 is 0.239 bits per heavy atom. The molecule has 0 unspecified atom stereocenters. The van der Waals surface area contributed by atoms with Gasteiger partial charge in [0.2, 0.25) is 0 Å². The van der Waals surface area contributed by atoms with E-state index in [1.165, 1.54) is 6.07 Å². The largest absolute Gasteiger partial charge is 0.416 e. The number of halogens is 5. The van der Waals surface area contributed by atoms with Crippen LogP contribution in [-0.2, 0) is 6.18 Å². The van der Waals surface area contributed by atoms with Gasteiger partial charge in [-0.05, 0) is 121 Å². The summed E-state index contributed by atoms with van der Waals surface area (Å²) in [5, 5.41) is 2.60. The normalized spacial score (nSPS) is 11.8. The SMILES string of the molecule is Fc1cccc(F)c1-c1c(-n2c3ccc(-c4cccc(-c5ccccc5)n4)cc3c3cc(-c4cccc(-c5ccccc5)n4)ccc32)cc(C(F)(F)F)cc1-n1c2ccc(-c3cccc(-c4ccccc4)n3)cc2c2cc(-c3cccc(-c4ccccc4)n3)ccc21. The quantitative estimate of drug-likeness (QED) is 0.121. The van der Waals surface area contributed by atoms with Crippen molar-refractivity contribution in [3.8, 4) is 113 Å². The van der Waals surface area contributed by atoms with E-state index in [4.69, 9.17) is 19.9 Å². The molecule has 6 aromatic heterocycles. The maximum Gasteiger partial charge on any atom is 0.416 e. The fourth-order valence-corrected chi connectivity index (χ4v) is 12.8. The lowest BCUT2D eigenvalue weighted by Gasteiger charge is -2.23. The molecule has 0 aliphatic rings. The molecule has 0 aliphatic carbocycles. The van der Waals surface area contributed by atoms with E-state index in [-0.39, 0.29) is 16.9 Å². The summed E-state index contributed by atoms with van der Waals surface area (Å²) < 4.78 is 87.4. The summed E-state index contributed by atoms with van der Waals surface area (Å²) in [6, 6.07) is 91.0. The van der Waals surface area contributed by atoms with Gasteiger partial charge in [0.1, 0.15) is 11.6 Å². The van der Waals surface area contributed by atoms with Crippen molar-refractivity contribution in [2.75, 3.05) is 0 Å². The van der Waals surface area contributed by atoms with Crippen molar-refractivity contribution in [1.82, 2.24) is 29.1 Å². The van der Waals surface area contributed by atoms with Crippen LogP contribution in [0, 0.1) is 11.6 Å². The lowest BCUT2D eigenvalue weighted by atomic mass is 9.96. The zero-order valence-corrected chi connectivity index (χ0v) is 48.9. The maximum atomic E-state index is 17.4. The minimum atomic E-state index is -4.97. The minimum absolute atomic E-state index is 0.111. The Morgan fingerprint density at radius 3 is 0.750 bits per heavy atom. The van der Waals surface area contributed by atoms with E-state index in [0.29, 0.717) is 66.4 Å². The Balaban J connectivity index is 0.982. The number of hydrogen-bond acceptors (Lipinski definition) is 4. The van der Waals surface area contributed by atoms with Gasteiger partial charge in [0.15, 0.2) is 0 Å². The van der Waals surface area contributed by atoms with Gasteiger partial charge in [-0.3, -0.25) is 0 Å². The first-order valence-electron chi connectivity index (χ1n) is 30.0. The van der Waals surface area contributed by atoms with Crippen LogP contribution in [0.5, 0.6) is 0 Å². The molecular weight excluding hydrogens is 1150 g/mol. The van der Waals surface area contributed by atoms with Crippen LogP contribution >= 0.6 is 0 Å². The van der Waals surface area contributed by atoms with Gasteiger partial charge in [0, 0.05) is 71.6 Å². The molecule has 10 aromatic carbocycles. The molecule has 438 valence electrons. The molecule has 92 heavy (non-hydrogen) atoms. The first-order chi connectivity index (χ1) is 45.1. The molecule has 16 aromatic rings. The van der Waals surface area contributed by atoms with E-state index in [9.17, 15) is 0 Å². The molecule has 0 atom stereocenters. The van der Waals surface area contributed by atoms with E-state index < -0.39 is 28.9 Å². The van der Waals surface area contributed by atoms with Crippen molar-refractivity contribution in [2.24, 2.45) is 0 Å². The van der Waals surface area contributed by atoms with Crippen LogP contribution in [0.15, 0.2) is 297 Å². The van der Waals surface area contributed by atoms with Crippen molar-refractivity contribution in [3.63, 3.8) is 0 Å². The van der Waals surface area contributed by atoms with Gasteiger partial charge in [-0.1, -0.05) is 176 Å². The molecule has 0 radical (unpaired) electrons. The Bertz CT molecular complexity index is 4920. The molecule has 0 aliphatic heterocycles. The van der Waals surface area contributed by atoms with Gasteiger partial charge >= 0.3 is 6.18 Å². The topological polar surface area (TPSA) is 61.4 Å². The molecule has 11 heteroatoms. The number of rotatable bonds is 11. The number of hydrogen-bond donors (Lipinski definition) is 0. The van der Waals surface area contributed by atoms with E-state index in [1.807, 2.05) is 267 Å². The summed E-state index contributed by atoms with van der Waals surface area (Å²) in [4.78, 5) is 20.5. The van der Waals surface area contributed by atoms with Crippen LogP contribution in [0.4, 0.5) is 22.0 Å². The zero-order valence-electron chi connectivity index (χ0n) is 48.9. The highest BCUT2D eigenvalue weighted by Gasteiger charge is 2.36. The van der Waals surface area contributed by atoms with Crippen molar-refractivity contribution >= 4 is 43.6 Å². The molecule has 0 bridgehead atoms. The van der Waals surface area contributed by atoms with E-state index in [1.54, 1.807) is 9.13 Å². The fraction of sp³-hybridized carbons (Fsp3) is 0.0123. The van der Waals surface area contributed by atoms with Crippen LogP contribution in [0.1, 0.15) is 5.56 Å². The average molecular weight is 1200 g/mol. The standard InChI is InChI=1S/C81H49F5N6/c82-63-26-13-27-64(83)79(63)80-77(91-73-40-36-54(69-32-14-28-65(87-69)50-18-5-1-6-19-50)44-59(73)60-45-55(37-41-74(60)91)70-33-15-29-66(88-70)51-20-7-2-8-21-51)48-58(81(84,85)86)49-78(80)92-75-42-38-56(71-34-16-30-67(89-71)52-22-9-3-10-23-52)46-61(75)62-47-57(39-43-76(62)92)72-35-17-31-68(90-72)53-24-11-4-12-25-53/h1-49H. The van der Waals surface area contributed by atoms with Crippen molar-refractivity contribution in [1.29, 1.82) is 0 Å². The van der Waals surface area contributed by atoms with Gasteiger partial charge in [0.25, 0.3) is 0 Å². The monoisotopic (exact) mass is 1200 g/mol. The van der Waals surface area contributed by atoms with Crippen LogP contribution in [0.3, 0.4) is 0 Å². The number of fused-ring (bicyclic) bond motifs is 6. The van der Waals surface area contributed by atoms with E-state index in [0.717, 1.165) is 91.5 Å². The summed E-state index contributed by atoms with van der Waals surface area (Å²) >= 11 is 0. The average Bonchev–Trinajstić information content (AvgIpc) is 1.52. The zero-order chi connectivity index (χ0) is 62.0. The van der Waals surface area contributed by atoms with E-state index in [2.05, 4.69) is 0 Å². The summed E-state index contributed by atoms with van der Waals surface area (Å²) in [6.07, 6.45) is -4.97. The van der Waals surface area contributed by atoms with Crippen LogP contribution < -0.4 is 0 Å². The fourth-order valence-electron chi connectivity index (χ4n) is 12.8. The highest BCUT2D eigenvalue weighted by Crippen LogP contribution is 2.48. The van der Waals surface area contributed by atoms with Crippen molar-refractivity contribution in [2.45, 2.75) is 6.18 Å². The summed E-state index contributed by atoms with van der Waals surface area (Å²) in [5.74, 6) is -1.93. The second-order valence-corrected chi connectivity index (χ2v) is 22.7. The lowest BCUT2D eigenvalue weighted by molar-refractivity contribution is -0.137. The number of alkyl halides is 3. The van der Waals surface area contributed by atoms with Crippen LogP contribution in [-0.4, -0.2) is 29.1 Å². The minimum Gasteiger partial charge on any atom is -0.309 e. The molecule has 0 amide bonds. The second-order valence-electron chi connectivity index (χ2n) is 22.7. The molecule has 0 spiro atoms. The van der Waals surface area contributed by atoms with Crippen molar-refractivity contribution in [3.05, 3.63) is 314 Å². The molecule has 6 nitrogen and oxygen atoms in total.